The molecule has 1 aromatic carbocycles. The average Bonchev–Trinajstić information content (AvgIpc) is 3.33. The number of anilines is 1. The van der Waals surface area contributed by atoms with Gasteiger partial charge >= 0.3 is 0 Å². The van der Waals surface area contributed by atoms with Crippen molar-refractivity contribution in [3.63, 3.8) is 0 Å². The number of imidazole rings is 1. The summed E-state index contributed by atoms with van der Waals surface area (Å²) in [6.07, 6.45) is -0.583. The quantitative estimate of drug-likeness (QED) is 0.358. The highest BCUT2D eigenvalue weighted by Gasteiger charge is 2.44. The molecule has 0 radical (unpaired) electrons. The van der Waals surface area contributed by atoms with Gasteiger partial charge in [0.15, 0.2) is 23.2 Å². The van der Waals surface area contributed by atoms with Crippen LogP contribution in [0, 0.1) is 0 Å². The Morgan fingerprint density at radius 1 is 1.13 bits per heavy atom. The lowest BCUT2D eigenvalue weighted by molar-refractivity contribution is -0.0511. The van der Waals surface area contributed by atoms with Crippen LogP contribution in [0.2, 0.25) is 0 Å². The van der Waals surface area contributed by atoms with Gasteiger partial charge in [0.1, 0.15) is 30.4 Å². The van der Waals surface area contributed by atoms with Gasteiger partial charge in [-0.1, -0.05) is 18.2 Å². The van der Waals surface area contributed by atoms with E-state index < -0.39 is 31.1 Å². The van der Waals surface area contributed by atoms with Crippen LogP contribution in [0.1, 0.15) is 24.3 Å². The summed E-state index contributed by atoms with van der Waals surface area (Å²) in [4.78, 5) is 12.9. The lowest BCUT2D eigenvalue weighted by Crippen LogP contribution is -2.33. The monoisotopic (exact) mass is 414 g/mol. The van der Waals surface area contributed by atoms with Crippen molar-refractivity contribution in [2.75, 3.05) is 18.6 Å². The molecule has 1 saturated heterocycles. The van der Waals surface area contributed by atoms with Crippen molar-refractivity contribution < 1.29 is 24.8 Å². The van der Waals surface area contributed by atoms with Gasteiger partial charge < -0.3 is 30.2 Å². The molecule has 3 unspecified atom stereocenters. The highest BCUT2D eigenvalue weighted by molar-refractivity contribution is 5.82. The zero-order valence-electron chi connectivity index (χ0n) is 15.9. The molecule has 2 aromatic heterocycles. The number of aliphatic hydroxyl groups is 3. The Balaban J connectivity index is 1.39. The number of hydrogen-bond donors (Lipinski definition) is 5. The fourth-order valence-corrected chi connectivity index (χ4v) is 3.89. The second-order valence-corrected chi connectivity index (χ2v) is 7.27. The van der Waals surface area contributed by atoms with E-state index in [1.807, 2.05) is 24.3 Å². The van der Waals surface area contributed by atoms with Crippen molar-refractivity contribution in [3.8, 4) is 5.75 Å². The normalized spacial score (nSPS) is 28.3. The predicted octanol–water partition coefficient (Wildman–Crippen LogP) is -0.122. The summed E-state index contributed by atoms with van der Waals surface area (Å²) < 4.78 is 12.8. The topological polar surface area (TPSA) is 147 Å². The lowest BCUT2D eigenvalue weighted by Gasteiger charge is -2.27. The van der Waals surface area contributed by atoms with Gasteiger partial charge in [-0.15, -0.1) is 0 Å². The van der Waals surface area contributed by atoms with Crippen molar-refractivity contribution in [2.24, 2.45) is 0 Å². The minimum atomic E-state index is -1.22. The first-order chi connectivity index (χ1) is 14.7. The predicted molar refractivity (Wildman–Crippen MR) is 104 cm³/mol. The van der Waals surface area contributed by atoms with Gasteiger partial charge in [0, 0.05) is 12.0 Å². The molecule has 0 amide bonds. The maximum absolute atomic E-state index is 10.3. The minimum absolute atomic E-state index is 0.0301. The molecule has 158 valence electrons. The number of rotatable bonds is 5. The van der Waals surface area contributed by atoms with E-state index in [-0.39, 0.29) is 6.04 Å². The number of aromatic nitrogens is 4. The Morgan fingerprint density at radius 3 is 2.83 bits per heavy atom. The van der Waals surface area contributed by atoms with Gasteiger partial charge in [0.25, 0.3) is 0 Å². The summed E-state index contributed by atoms with van der Waals surface area (Å²) in [7, 11) is 0. The third-order valence-electron chi connectivity index (χ3n) is 5.47. The summed E-state index contributed by atoms with van der Waals surface area (Å²) in [6.45, 7) is 0.203. The molecule has 0 spiro atoms. The Kier molecular flexibility index (Phi) is 4.97. The van der Waals surface area contributed by atoms with E-state index in [4.69, 9.17) is 9.47 Å². The first-order valence-corrected chi connectivity index (χ1v) is 9.70. The summed E-state index contributed by atoms with van der Waals surface area (Å²) in [6, 6.07) is 7.89. The van der Waals surface area contributed by atoms with Crippen LogP contribution in [0.5, 0.6) is 5.75 Å². The van der Waals surface area contributed by atoms with Crippen LogP contribution in [0.3, 0.4) is 0 Å². The molecule has 0 bridgehead atoms. The van der Waals surface area contributed by atoms with Gasteiger partial charge in [-0.2, -0.15) is 0 Å². The molecule has 5 N–H and O–H groups in total. The average molecular weight is 414 g/mol. The molecule has 4 heterocycles. The molecule has 5 rings (SSSR count). The number of hydrazine groups is 1. The van der Waals surface area contributed by atoms with E-state index in [1.165, 1.54) is 17.2 Å². The molecule has 1 fully saturated rings. The maximum Gasteiger partial charge on any atom is 0.171 e. The molecule has 5 atom stereocenters. The lowest BCUT2D eigenvalue weighted by atomic mass is 10.0. The van der Waals surface area contributed by atoms with Crippen LogP contribution < -0.4 is 15.6 Å². The highest BCUT2D eigenvalue weighted by atomic mass is 16.6. The largest absolute Gasteiger partial charge is 0.493 e. The third kappa shape index (κ3) is 3.16. The molecule has 30 heavy (non-hydrogen) atoms. The second kappa shape index (κ2) is 7.78. The van der Waals surface area contributed by atoms with Crippen molar-refractivity contribution in [1.82, 2.24) is 24.9 Å². The fraction of sp³-hybridized carbons (Fsp3) is 0.421. The van der Waals surface area contributed by atoms with Crippen molar-refractivity contribution in [2.45, 2.75) is 37.0 Å². The summed E-state index contributed by atoms with van der Waals surface area (Å²) >= 11 is 0. The number of fused-ring (bicyclic) bond motifs is 2. The molecule has 11 nitrogen and oxygen atoms in total. The first kappa shape index (κ1) is 19.2. The van der Waals surface area contributed by atoms with Gasteiger partial charge in [0.2, 0.25) is 0 Å². The maximum atomic E-state index is 10.3. The molecular formula is C19H22N6O5. The zero-order valence-corrected chi connectivity index (χ0v) is 15.9. The number of nitrogens with one attached hydrogen (secondary N) is 2. The SMILES string of the molecule is OC[C@H]1O[C@@H](n2cnc3c(NNC4CCOc5ccccc54)ncnc32)C(O)C1O. The number of hydrogen-bond acceptors (Lipinski definition) is 10. The fourth-order valence-electron chi connectivity index (χ4n) is 3.89. The van der Waals surface area contributed by atoms with E-state index in [9.17, 15) is 15.3 Å². The smallest absolute Gasteiger partial charge is 0.171 e. The summed E-state index contributed by atoms with van der Waals surface area (Å²) in [5.41, 5.74) is 8.35. The van der Waals surface area contributed by atoms with Crippen molar-refractivity contribution in [1.29, 1.82) is 0 Å². The summed E-state index contributed by atoms with van der Waals surface area (Å²) in [5.74, 6) is 1.32. The standard InChI is InChI=1S/C19H22N6O5/c26-7-13-15(27)16(28)19(30-13)25-9-22-14-17(20-8-21-18(14)25)24-23-11-5-6-29-12-4-2-1-3-10(11)12/h1-4,8-9,11,13,15-16,19,23,26-28H,5-7H2,(H,20,21,24)/t11?,13-,15?,16?,19-/m1/s1. The molecule has 2 aliphatic heterocycles. The summed E-state index contributed by atoms with van der Waals surface area (Å²) in [5, 5.41) is 29.7. The van der Waals surface area contributed by atoms with Crippen LogP contribution in [0.15, 0.2) is 36.9 Å². The van der Waals surface area contributed by atoms with Gasteiger partial charge in [0.05, 0.1) is 25.6 Å². The Hall–Kier alpha value is -2.83. The van der Waals surface area contributed by atoms with E-state index in [1.54, 1.807) is 0 Å². The Morgan fingerprint density at radius 2 is 2.00 bits per heavy atom. The Bertz CT molecular complexity index is 1050. The highest BCUT2D eigenvalue weighted by Crippen LogP contribution is 2.33. The molecule has 0 aliphatic carbocycles. The van der Waals surface area contributed by atoms with E-state index in [0.717, 1.165) is 17.7 Å². The second-order valence-electron chi connectivity index (χ2n) is 7.27. The third-order valence-corrected chi connectivity index (χ3v) is 5.47. The molecule has 0 saturated carbocycles. The van der Waals surface area contributed by atoms with Crippen LogP contribution in [-0.2, 0) is 4.74 Å². The first-order valence-electron chi connectivity index (χ1n) is 9.70. The number of aliphatic hydroxyl groups excluding tert-OH is 3. The van der Waals surface area contributed by atoms with Crippen molar-refractivity contribution in [3.05, 3.63) is 42.5 Å². The van der Waals surface area contributed by atoms with Crippen LogP contribution in [0.25, 0.3) is 11.2 Å². The van der Waals surface area contributed by atoms with E-state index in [0.29, 0.717) is 23.6 Å². The molecule has 11 heteroatoms. The van der Waals surface area contributed by atoms with Gasteiger partial charge in [-0.3, -0.25) is 4.57 Å². The van der Waals surface area contributed by atoms with Crippen LogP contribution in [-0.4, -0.2) is 66.4 Å². The van der Waals surface area contributed by atoms with E-state index >= 15 is 0 Å². The van der Waals surface area contributed by atoms with Gasteiger partial charge in [-0.05, 0) is 6.07 Å². The number of para-hydroxylation sites is 1. The minimum Gasteiger partial charge on any atom is -0.493 e. The number of nitrogens with zero attached hydrogens (tertiary/aromatic N) is 4. The molecular weight excluding hydrogens is 392 g/mol. The molecule has 2 aliphatic rings. The van der Waals surface area contributed by atoms with E-state index in [2.05, 4.69) is 25.8 Å². The number of ether oxygens (including phenoxy) is 2. The van der Waals surface area contributed by atoms with Gasteiger partial charge in [-0.25, -0.2) is 20.4 Å². The Labute approximate surface area is 171 Å². The van der Waals surface area contributed by atoms with Crippen LogP contribution in [0.4, 0.5) is 5.82 Å². The van der Waals surface area contributed by atoms with Crippen LogP contribution >= 0.6 is 0 Å². The molecule has 3 aromatic rings. The van der Waals surface area contributed by atoms with Crippen molar-refractivity contribution >= 4 is 17.0 Å². The number of benzene rings is 1. The zero-order chi connectivity index (χ0) is 20.7.